The summed E-state index contributed by atoms with van der Waals surface area (Å²) in [6, 6.07) is 10.3. The quantitative estimate of drug-likeness (QED) is 0.339. The molecular formula is C16H14BrN3O5. The molecule has 8 nitrogen and oxygen atoms in total. The van der Waals surface area contributed by atoms with Crippen LogP contribution in [-0.2, 0) is 9.53 Å². The Balaban J connectivity index is 2.06. The molecule has 0 aromatic heterocycles. The summed E-state index contributed by atoms with van der Waals surface area (Å²) in [4.78, 5) is 34.4. The van der Waals surface area contributed by atoms with Crippen molar-refractivity contribution in [2.45, 2.75) is 13.0 Å². The van der Waals surface area contributed by atoms with Gasteiger partial charge in [0, 0.05) is 28.0 Å². The Labute approximate surface area is 151 Å². The zero-order valence-corrected chi connectivity index (χ0v) is 14.6. The standard InChI is InChI=1S/C16H14BrN3O5/c1-9(15(21)19-11-4-2-10(17)3-5-11)25-16(22)13-8-12(20(23)24)6-7-14(13)18/h2-9H,18H2,1H3,(H,19,21)/t9-/m1/s1. The molecule has 3 N–H and O–H groups in total. The SMILES string of the molecule is C[C@@H](OC(=O)c1cc([N+](=O)[O-])ccc1N)C(=O)Nc1ccc(Br)cc1. The third-order valence-electron chi connectivity index (χ3n) is 3.23. The van der Waals surface area contributed by atoms with Crippen LogP contribution in [0.3, 0.4) is 0 Å². The van der Waals surface area contributed by atoms with Crippen molar-refractivity contribution in [3.05, 3.63) is 62.6 Å². The topological polar surface area (TPSA) is 125 Å². The van der Waals surface area contributed by atoms with Crippen LogP contribution >= 0.6 is 15.9 Å². The second-order valence-corrected chi connectivity index (χ2v) is 5.99. The highest BCUT2D eigenvalue weighted by atomic mass is 79.9. The lowest BCUT2D eigenvalue weighted by Crippen LogP contribution is -2.30. The average molecular weight is 408 g/mol. The summed E-state index contributed by atoms with van der Waals surface area (Å²) in [7, 11) is 0. The van der Waals surface area contributed by atoms with Gasteiger partial charge in [-0.3, -0.25) is 14.9 Å². The first-order valence-electron chi connectivity index (χ1n) is 7.09. The number of halogens is 1. The minimum Gasteiger partial charge on any atom is -0.449 e. The van der Waals surface area contributed by atoms with Gasteiger partial charge in [-0.2, -0.15) is 0 Å². The van der Waals surface area contributed by atoms with Gasteiger partial charge in [0.1, 0.15) is 0 Å². The molecule has 130 valence electrons. The number of rotatable bonds is 5. The van der Waals surface area contributed by atoms with Crippen LogP contribution in [0.15, 0.2) is 46.9 Å². The molecular weight excluding hydrogens is 394 g/mol. The van der Waals surface area contributed by atoms with Crippen molar-refractivity contribution in [3.8, 4) is 0 Å². The summed E-state index contributed by atoms with van der Waals surface area (Å²) in [5, 5.41) is 13.4. The van der Waals surface area contributed by atoms with Gasteiger partial charge >= 0.3 is 5.97 Å². The molecule has 2 aromatic rings. The molecule has 25 heavy (non-hydrogen) atoms. The fourth-order valence-electron chi connectivity index (χ4n) is 1.89. The number of nitrogen functional groups attached to an aromatic ring is 1. The van der Waals surface area contributed by atoms with E-state index in [9.17, 15) is 19.7 Å². The van der Waals surface area contributed by atoms with Crippen LogP contribution in [0.1, 0.15) is 17.3 Å². The molecule has 0 aliphatic carbocycles. The molecule has 0 saturated carbocycles. The van der Waals surface area contributed by atoms with Crippen LogP contribution in [0.25, 0.3) is 0 Å². The first-order chi connectivity index (χ1) is 11.8. The van der Waals surface area contributed by atoms with Crippen LogP contribution in [-0.4, -0.2) is 22.9 Å². The lowest BCUT2D eigenvalue weighted by molar-refractivity contribution is -0.384. The molecule has 0 heterocycles. The number of carbonyl (C=O) groups is 2. The average Bonchev–Trinajstić information content (AvgIpc) is 2.56. The number of nitrogens with zero attached hydrogens (tertiary/aromatic N) is 1. The van der Waals surface area contributed by atoms with Crippen molar-refractivity contribution in [2.24, 2.45) is 0 Å². The number of hydrogen-bond acceptors (Lipinski definition) is 6. The Hall–Kier alpha value is -2.94. The van der Waals surface area contributed by atoms with Gasteiger partial charge in [0.15, 0.2) is 6.10 Å². The summed E-state index contributed by atoms with van der Waals surface area (Å²) in [5.41, 5.74) is 5.74. The van der Waals surface area contributed by atoms with Gasteiger partial charge in [-0.25, -0.2) is 4.79 Å². The number of esters is 1. The summed E-state index contributed by atoms with van der Waals surface area (Å²) in [6.45, 7) is 1.39. The predicted octanol–water partition coefficient (Wildman–Crippen LogP) is 3.12. The first kappa shape index (κ1) is 18.4. The minimum absolute atomic E-state index is 0.0242. The van der Waals surface area contributed by atoms with E-state index in [0.29, 0.717) is 5.69 Å². The molecule has 0 aliphatic rings. The van der Waals surface area contributed by atoms with Crippen molar-refractivity contribution in [3.63, 3.8) is 0 Å². The van der Waals surface area contributed by atoms with E-state index >= 15 is 0 Å². The lowest BCUT2D eigenvalue weighted by Gasteiger charge is -2.14. The largest absolute Gasteiger partial charge is 0.449 e. The molecule has 2 aromatic carbocycles. The monoisotopic (exact) mass is 407 g/mol. The molecule has 0 radical (unpaired) electrons. The summed E-state index contributed by atoms with van der Waals surface area (Å²) in [6.07, 6.45) is -1.12. The second-order valence-electron chi connectivity index (χ2n) is 5.07. The van der Waals surface area contributed by atoms with Crippen LogP contribution in [0.4, 0.5) is 17.1 Å². The molecule has 1 amide bonds. The fraction of sp³-hybridized carbons (Fsp3) is 0.125. The van der Waals surface area contributed by atoms with Gasteiger partial charge in [0.05, 0.1) is 10.5 Å². The van der Waals surface area contributed by atoms with Crippen molar-refractivity contribution < 1.29 is 19.2 Å². The number of hydrogen-bond donors (Lipinski definition) is 2. The highest BCUT2D eigenvalue weighted by molar-refractivity contribution is 9.10. The van der Waals surface area contributed by atoms with E-state index in [-0.39, 0.29) is 16.9 Å². The van der Waals surface area contributed by atoms with Gasteiger partial charge in [-0.15, -0.1) is 0 Å². The summed E-state index contributed by atoms with van der Waals surface area (Å²) < 4.78 is 5.90. The number of ether oxygens (including phenoxy) is 1. The number of benzene rings is 2. The summed E-state index contributed by atoms with van der Waals surface area (Å²) >= 11 is 3.28. The first-order valence-corrected chi connectivity index (χ1v) is 7.88. The third-order valence-corrected chi connectivity index (χ3v) is 3.76. The predicted molar refractivity (Wildman–Crippen MR) is 95.2 cm³/mol. The minimum atomic E-state index is -1.12. The fourth-order valence-corrected chi connectivity index (χ4v) is 2.15. The number of non-ortho nitro benzene ring substituents is 1. The zero-order chi connectivity index (χ0) is 18.6. The molecule has 0 aliphatic heterocycles. The van der Waals surface area contributed by atoms with Crippen LogP contribution in [0.5, 0.6) is 0 Å². The van der Waals surface area contributed by atoms with E-state index in [0.717, 1.165) is 10.5 Å². The van der Waals surface area contributed by atoms with Crippen molar-refractivity contribution in [2.75, 3.05) is 11.1 Å². The smallest absolute Gasteiger partial charge is 0.341 e. The van der Waals surface area contributed by atoms with E-state index in [4.69, 9.17) is 10.5 Å². The van der Waals surface area contributed by atoms with E-state index in [2.05, 4.69) is 21.2 Å². The maximum Gasteiger partial charge on any atom is 0.341 e. The third kappa shape index (κ3) is 4.77. The van der Waals surface area contributed by atoms with Crippen molar-refractivity contribution in [1.29, 1.82) is 0 Å². The Kier molecular flexibility index (Phi) is 5.71. The maximum absolute atomic E-state index is 12.1. The molecule has 9 heteroatoms. The van der Waals surface area contributed by atoms with E-state index < -0.39 is 22.9 Å². The van der Waals surface area contributed by atoms with Gasteiger partial charge in [-0.1, -0.05) is 15.9 Å². The molecule has 0 bridgehead atoms. The van der Waals surface area contributed by atoms with E-state index in [1.54, 1.807) is 24.3 Å². The summed E-state index contributed by atoms with van der Waals surface area (Å²) in [5.74, 6) is -1.46. The number of nitrogens with two attached hydrogens (primary N) is 1. The molecule has 0 spiro atoms. The highest BCUT2D eigenvalue weighted by Crippen LogP contribution is 2.21. The van der Waals surface area contributed by atoms with Crippen LogP contribution < -0.4 is 11.1 Å². The lowest BCUT2D eigenvalue weighted by atomic mass is 10.1. The number of anilines is 2. The number of nitro benzene ring substituents is 1. The van der Waals surface area contributed by atoms with Gasteiger partial charge in [0.2, 0.25) is 0 Å². The van der Waals surface area contributed by atoms with Crippen molar-refractivity contribution in [1.82, 2.24) is 0 Å². The molecule has 0 unspecified atom stereocenters. The van der Waals surface area contributed by atoms with E-state index in [1.165, 1.54) is 19.1 Å². The van der Waals surface area contributed by atoms with Gasteiger partial charge in [-0.05, 0) is 37.3 Å². The highest BCUT2D eigenvalue weighted by Gasteiger charge is 2.22. The molecule has 2 rings (SSSR count). The Bertz CT molecular complexity index is 823. The molecule has 0 fully saturated rings. The molecule has 0 saturated heterocycles. The number of nitrogens with one attached hydrogen (secondary N) is 1. The maximum atomic E-state index is 12.1. The normalized spacial score (nSPS) is 11.4. The molecule has 1 atom stereocenters. The Morgan fingerprint density at radius 2 is 1.88 bits per heavy atom. The van der Waals surface area contributed by atoms with Crippen molar-refractivity contribution >= 4 is 44.9 Å². The Morgan fingerprint density at radius 3 is 2.48 bits per heavy atom. The van der Waals surface area contributed by atoms with E-state index in [1.807, 2.05) is 0 Å². The van der Waals surface area contributed by atoms with Gasteiger partial charge in [0.25, 0.3) is 11.6 Å². The zero-order valence-electron chi connectivity index (χ0n) is 13.1. The van der Waals surface area contributed by atoms with Gasteiger partial charge < -0.3 is 15.8 Å². The second kappa shape index (κ2) is 7.75. The Morgan fingerprint density at radius 1 is 1.24 bits per heavy atom. The van der Waals surface area contributed by atoms with Crippen LogP contribution in [0, 0.1) is 10.1 Å². The number of carbonyl (C=O) groups excluding carboxylic acids is 2. The van der Waals surface area contributed by atoms with Crippen LogP contribution in [0.2, 0.25) is 0 Å². The number of nitro groups is 1. The number of amides is 1.